The summed E-state index contributed by atoms with van der Waals surface area (Å²) in [5, 5.41) is 17.4. The lowest BCUT2D eigenvalue weighted by Gasteiger charge is -2.36. The highest BCUT2D eigenvalue weighted by molar-refractivity contribution is 5.83. The van der Waals surface area contributed by atoms with Crippen molar-refractivity contribution in [2.24, 2.45) is 5.41 Å². The summed E-state index contributed by atoms with van der Waals surface area (Å²) in [5.74, 6) is -0.0541. The normalized spacial score (nSPS) is 18.0. The van der Waals surface area contributed by atoms with Crippen molar-refractivity contribution in [1.29, 1.82) is 0 Å². The van der Waals surface area contributed by atoms with Gasteiger partial charge in [-0.2, -0.15) is 0 Å². The predicted octanol–water partition coefficient (Wildman–Crippen LogP) is 2.10. The second-order valence-corrected chi connectivity index (χ2v) is 6.46. The predicted molar refractivity (Wildman–Crippen MR) is 90.8 cm³/mol. The Labute approximate surface area is 141 Å². The van der Waals surface area contributed by atoms with Crippen LogP contribution in [0.1, 0.15) is 36.9 Å². The second-order valence-electron chi connectivity index (χ2n) is 6.46. The summed E-state index contributed by atoms with van der Waals surface area (Å²) >= 11 is 0. The number of piperidine rings is 1. The van der Waals surface area contributed by atoms with E-state index in [0.717, 1.165) is 18.7 Å². The highest BCUT2D eigenvalue weighted by Gasteiger charge is 2.40. The molecule has 2 N–H and O–H groups in total. The molecule has 1 aliphatic heterocycles. The molecule has 1 aromatic carbocycles. The Morgan fingerprint density at radius 1 is 1.46 bits per heavy atom. The zero-order valence-electron chi connectivity index (χ0n) is 14.4. The molecule has 0 saturated carbocycles. The van der Waals surface area contributed by atoms with Crippen molar-refractivity contribution in [1.82, 2.24) is 10.6 Å². The Hall–Kier alpha value is -1.99. The molecule has 7 nitrogen and oxygen atoms in total. The summed E-state index contributed by atoms with van der Waals surface area (Å²) in [4.78, 5) is 23.5. The lowest BCUT2D eigenvalue weighted by molar-refractivity contribution is -0.385. The third-order valence-electron chi connectivity index (χ3n) is 4.74. The van der Waals surface area contributed by atoms with Crippen molar-refractivity contribution in [2.75, 3.05) is 26.8 Å². The van der Waals surface area contributed by atoms with Crippen LogP contribution in [0.5, 0.6) is 0 Å². The van der Waals surface area contributed by atoms with Crippen LogP contribution in [0.25, 0.3) is 0 Å². The van der Waals surface area contributed by atoms with E-state index in [-0.39, 0.29) is 17.6 Å². The number of aryl methyl sites for hydroxylation is 1. The van der Waals surface area contributed by atoms with Crippen molar-refractivity contribution in [3.05, 3.63) is 39.4 Å². The number of benzene rings is 1. The molecule has 2 rings (SSSR count). The highest BCUT2D eigenvalue weighted by atomic mass is 16.6. The van der Waals surface area contributed by atoms with Crippen LogP contribution in [0.4, 0.5) is 5.69 Å². The van der Waals surface area contributed by atoms with E-state index in [1.807, 2.05) is 13.0 Å². The largest absolute Gasteiger partial charge is 0.384 e. The van der Waals surface area contributed by atoms with Gasteiger partial charge >= 0.3 is 0 Å². The van der Waals surface area contributed by atoms with Crippen molar-refractivity contribution in [3.63, 3.8) is 0 Å². The molecule has 0 aliphatic carbocycles. The number of nitro benzene ring substituents is 1. The van der Waals surface area contributed by atoms with Gasteiger partial charge in [0.05, 0.1) is 23.0 Å². The van der Waals surface area contributed by atoms with Gasteiger partial charge in [0, 0.05) is 18.7 Å². The number of nitro groups is 1. The molecule has 1 atom stereocenters. The molecular weight excluding hydrogens is 310 g/mol. The molecule has 0 bridgehead atoms. The molecule has 1 heterocycles. The first-order valence-electron chi connectivity index (χ1n) is 8.15. The van der Waals surface area contributed by atoms with Crippen LogP contribution in [-0.4, -0.2) is 37.6 Å². The van der Waals surface area contributed by atoms with Crippen LogP contribution in [0, 0.1) is 22.5 Å². The van der Waals surface area contributed by atoms with Crippen LogP contribution in [0.2, 0.25) is 0 Å². The molecule has 1 saturated heterocycles. The Morgan fingerprint density at radius 2 is 2.12 bits per heavy atom. The van der Waals surface area contributed by atoms with Gasteiger partial charge in [-0.3, -0.25) is 14.9 Å². The van der Waals surface area contributed by atoms with Crippen molar-refractivity contribution >= 4 is 11.6 Å². The minimum absolute atomic E-state index is 0.0541. The standard InChI is InChI=1S/C17H25N3O4/c1-12-4-5-14(10-15(12)20(22)23)13(2)19-16(21)17(11-24-3)6-8-18-9-7-17/h4-5,10,13,18H,6-9,11H2,1-3H3,(H,19,21). The fourth-order valence-electron chi connectivity index (χ4n) is 3.14. The quantitative estimate of drug-likeness (QED) is 0.613. The number of hydrogen-bond donors (Lipinski definition) is 2. The number of carbonyl (C=O) groups excluding carboxylic acids is 1. The van der Waals surface area contributed by atoms with Gasteiger partial charge in [0.15, 0.2) is 0 Å². The summed E-state index contributed by atoms with van der Waals surface area (Å²) in [5.41, 5.74) is 0.867. The number of nitrogens with one attached hydrogen (secondary N) is 2. The Balaban J connectivity index is 2.15. The summed E-state index contributed by atoms with van der Waals surface area (Å²) in [6, 6.07) is 4.76. The SMILES string of the molecule is COCC1(C(=O)NC(C)c2ccc(C)c([N+](=O)[O-])c2)CCNCC1. The monoisotopic (exact) mass is 335 g/mol. The van der Waals surface area contributed by atoms with Gasteiger partial charge in [-0.25, -0.2) is 0 Å². The van der Waals surface area contributed by atoms with Gasteiger partial charge in [-0.05, 0) is 45.3 Å². The molecule has 7 heteroatoms. The summed E-state index contributed by atoms with van der Waals surface area (Å²) < 4.78 is 5.28. The van der Waals surface area contributed by atoms with Gasteiger partial charge in [0.1, 0.15) is 0 Å². The number of ether oxygens (including phenoxy) is 1. The summed E-state index contributed by atoms with van der Waals surface area (Å²) in [6.07, 6.45) is 1.43. The number of methoxy groups -OCH3 is 1. The van der Waals surface area contributed by atoms with Crippen LogP contribution in [0.15, 0.2) is 18.2 Å². The molecule has 1 aliphatic rings. The maximum Gasteiger partial charge on any atom is 0.272 e. The Bertz CT molecular complexity index is 606. The van der Waals surface area contributed by atoms with E-state index >= 15 is 0 Å². The number of carbonyl (C=O) groups is 1. The van der Waals surface area contributed by atoms with Crippen molar-refractivity contribution in [2.45, 2.75) is 32.7 Å². The average molecular weight is 335 g/mol. The fraction of sp³-hybridized carbons (Fsp3) is 0.588. The lowest BCUT2D eigenvalue weighted by Crippen LogP contribution is -2.50. The first-order valence-corrected chi connectivity index (χ1v) is 8.15. The highest BCUT2D eigenvalue weighted by Crippen LogP contribution is 2.31. The zero-order valence-corrected chi connectivity index (χ0v) is 14.4. The lowest BCUT2D eigenvalue weighted by atomic mass is 9.78. The summed E-state index contributed by atoms with van der Waals surface area (Å²) in [7, 11) is 1.60. The molecule has 1 aromatic rings. The van der Waals surface area contributed by atoms with Crippen LogP contribution < -0.4 is 10.6 Å². The van der Waals surface area contributed by atoms with Crippen molar-refractivity contribution < 1.29 is 14.5 Å². The van der Waals surface area contributed by atoms with Crippen LogP contribution >= 0.6 is 0 Å². The molecule has 1 amide bonds. The van der Waals surface area contributed by atoms with Gasteiger partial charge in [-0.15, -0.1) is 0 Å². The molecule has 1 fully saturated rings. The molecule has 132 valence electrons. The molecule has 1 unspecified atom stereocenters. The third-order valence-corrected chi connectivity index (χ3v) is 4.74. The van der Waals surface area contributed by atoms with E-state index in [9.17, 15) is 14.9 Å². The second kappa shape index (κ2) is 7.72. The van der Waals surface area contributed by atoms with Gasteiger partial charge < -0.3 is 15.4 Å². The first-order chi connectivity index (χ1) is 11.4. The number of rotatable bonds is 6. The van der Waals surface area contributed by atoms with Crippen molar-refractivity contribution in [3.8, 4) is 0 Å². The Kier molecular flexibility index (Phi) is 5.90. The van der Waals surface area contributed by atoms with E-state index in [0.29, 0.717) is 25.0 Å². The number of amides is 1. The van der Waals surface area contributed by atoms with Crippen LogP contribution in [-0.2, 0) is 9.53 Å². The average Bonchev–Trinajstić information content (AvgIpc) is 2.56. The summed E-state index contributed by atoms with van der Waals surface area (Å²) in [6.45, 7) is 5.48. The molecular formula is C17H25N3O4. The van der Waals surface area contributed by atoms with E-state index in [1.54, 1.807) is 20.1 Å². The molecule has 24 heavy (non-hydrogen) atoms. The maximum atomic E-state index is 12.8. The maximum absolute atomic E-state index is 12.8. The first kappa shape index (κ1) is 18.4. The molecule has 0 spiro atoms. The minimum atomic E-state index is -0.537. The molecule has 0 radical (unpaired) electrons. The van der Waals surface area contributed by atoms with E-state index in [2.05, 4.69) is 10.6 Å². The van der Waals surface area contributed by atoms with E-state index < -0.39 is 10.3 Å². The molecule has 0 aromatic heterocycles. The van der Waals surface area contributed by atoms with E-state index in [4.69, 9.17) is 4.74 Å². The zero-order chi connectivity index (χ0) is 17.7. The van der Waals surface area contributed by atoms with Gasteiger partial charge in [-0.1, -0.05) is 12.1 Å². The number of nitrogens with zero attached hydrogens (tertiary/aromatic N) is 1. The smallest absolute Gasteiger partial charge is 0.272 e. The van der Waals surface area contributed by atoms with Gasteiger partial charge in [0.2, 0.25) is 5.91 Å². The fourth-order valence-corrected chi connectivity index (χ4v) is 3.14. The topological polar surface area (TPSA) is 93.5 Å². The minimum Gasteiger partial charge on any atom is -0.384 e. The Morgan fingerprint density at radius 3 is 2.71 bits per heavy atom. The van der Waals surface area contributed by atoms with E-state index in [1.165, 1.54) is 6.07 Å². The van der Waals surface area contributed by atoms with Crippen LogP contribution in [0.3, 0.4) is 0 Å². The number of hydrogen-bond acceptors (Lipinski definition) is 5. The third kappa shape index (κ3) is 3.91. The van der Waals surface area contributed by atoms with Gasteiger partial charge in [0.25, 0.3) is 5.69 Å².